The number of benzene rings is 1. The van der Waals surface area contributed by atoms with Crippen molar-refractivity contribution in [2.75, 3.05) is 12.4 Å². The summed E-state index contributed by atoms with van der Waals surface area (Å²) in [4.78, 5) is 28.1. The first-order valence-corrected chi connectivity index (χ1v) is 7.95. The molecule has 2 aromatic rings. The second kappa shape index (κ2) is 7.73. The van der Waals surface area contributed by atoms with Crippen molar-refractivity contribution >= 4 is 28.3 Å². The van der Waals surface area contributed by atoms with Gasteiger partial charge in [0.2, 0.25) is 11.8 Å². The van der Waals surface area contributed by atoms with Gasteiger partial charge in [-0.3, -0.25) is 9.59 Å². The highest BCUT2D eigenvalue weighted by atomic mass is 32.1. The smallest absolute Gasteiger partial charge is 0.248 e. The highest BCUT2D eigenvalue weighted by Gasteiger charge is 2.15. The van der Waals surface area contributed by atoms with E-state index in [1.807, 2.05) is 24.3 Å². The maximum absolute atomic E-state index is 11.9. The fourth-order valence-corrected chi connectivity index (χ4v) is 2.83. The Morgan fingerprint density at radius 1 is 1.30 bits per heavy atom. The molecule has 2 N–H and O–H groups in total. The minimum Gasteiger partial charge on any atom is -0.497 e. The van der Waals surface area contributed by atoms with Crippen molar-refractivity contribution in [3.05, 3.63) is 40.9 Å². The molecule has 0 saturated heterocycles. The summed E-state index contributed by atoms with van der Waals surface area (Å²) in [6.07, 6.45) is 2.48. The van der Waals surface area contributed by atoms with Crippen molar-refractivity contribution in [2.45, 2.75) is 26.3 Å². The Morgan fingerprint density at radius 2 is 2.00 bits per heavy atom. The van der Waals surface area contributed by atoms with Crippen molar-refractivity contribution in [1.29, 1.82) is 0 Å². The molecule has 1 aromatic heterocycles. The second-order valence-corrected chi connectivity index (χ2v) is 6.18. The second-order valence-electron chi connectivity index (χ2n) is 5.07. The van der Waals surface area contributed by atoms with E-state index in [4.69, 9.17) is 4.74 Å². The number of ether oxygens (including phenoxy) is 1. The largest absolute Gasteiger partial charge is 0.497 e. The normalized spacial score (nSPS) is 11.6. The van der Waals surface area contributed by atoms with Gasteiger partial charge in [-0.1, -0.05) is 12.1 Å². The molecule has 7 heteroatoms. The fourth-order valence-electron chi connectivity index (χ4n) is 1.98. The van der Waals surface area contributed by atoms with E-state index in [-0.39, 0.29) is 11.8 Å². The molecule has 0 spiro atoms. The molecular weight excluding hydrogens is 314 g/mol. The van der Waals surface area contributed by atoms with Gasteiger partial charge in [0, 0.05) is 24.4 Å². The van der Waals surface area contributed by atoms with Crippen LogP contribution in [-0.2, 0) is 16.0 Å². The Bertz CT molecular complexity index is 682. The van der Waals surface area contributed by atoms with Crippen LogP contribution in [0.15, 0.2) is 30.5 Å². The zero-order chi connectivity index (χ0) is 16.8. The monoisotopic (exact) mass is 333 g/mol. The molecule has 0 aliphatic heterocycles. The SMILES string of the molecule is COc1ccc(Cc2cnc(NC(=O)[C@H](C)NC(C)=O)s2)cc1. The first-order chi connectivity index (χ1) is 11.0. The van der Waals surface area contributed by atoms with Crippen LogP contribution in [0.3, 0.4) is 0 Å². The van der Waals surface area contributed by atoms with E-state index in [0.29, 0.717) is 5.13 Å². The molecule has 0 aliphatic rings. The summed E-state index contributed by atoms with van der Waals surface area (Å²) in [5, 5.41) is 5.76. The number of amides is 2. The Balaban J connectivity index is 1.94. The lowest BCUT2D eigenvalue weighted by atomic mass is 10.1. The summed E-state index contributed by atoms with van der Waals surface area (Å²) in [7, 11) is 1.63. The van der Waals surface area contributed by atoms with Gasteiger partial charge in [0.05, 0.1) is 7.11 Å². The summed E-state index contributed by atoms with van der Waals surface area (Å²) in [5.41, 5.74) is 1.14. The number of hydrogen-bond donors (Lipinski definition) is 2. The van der Waals surface area contributed by atoms with Crippen LogP contribution in [0.2, 0.25) is 0 Å². The topological polar surface area (TPSA) is 80.3 Å². The van der Waals surface area contributed by atoms with E-state index >= 15 is 0 Å². The molecule has 0 saturated carbocycles. The molecule has 0 fully saturated rings. The Labute approximate surface area is 138 Å². The van der Waals surface area contributed by atoms with Crippen molar-refractivity contribution in [3.63, 3.8) is 0 Å². The van der Waals surface area contributed by atoms with Crippen LogP contribution in [0.1, 0.15) is 24.3 Å². The number of aromatic nitrogens is 1. The van der Waals surface area contributed by atoms with Gasteiger partial charge in [0.15, 0.2) is 5.13 Å². The molecular formula is C16H19N3O3S. The molecule has 0 aliphatic carbocycles. The number of methoxy groups -OCH3 is 1. The molecule has 1 atom stereocenters. The quantitative estimate of drug-likeness (QED) is 0.849. The third-order valence-electron chi connectivity index (χ3n) is 3.13. The van der Waals surface area contributed by atoms with Crippen LogP contribution in [0.4, 0.5) is 5.13 Å². The maximum atomic E-state index is 11.9. The number of rotatable bonds is 6. The van der Waals surface area contributed by atoms with Gasteiger partial charge >= 0.3 is 0 Å². The predicted octanol–water partition coefficient (Wildman–Crippen LogP) is 2.21. The van der Waals surface area contributed by atoms with Gasteiger partial charge in [-0.25, -0.2) is 4.98 Å². The van der Waals surface area contributed by atoms with E-state index in [0.717, 1.165) is 22.6 Å². The van der Waals surface area contributed by atoms with Crippen molar-refractivity contribution in [3.8, 4) is 5.75 Å². The van der Waals surface area contributed by atoms with Crippen LogP contribution in [0, 0.1) is 0 Å². The molecule has 2 amide bonds. The molecule has 122 valence electrons. The highest BCUT2D eigenvalue weighted by Crippen LogP contribution is 2.22. The summed E-state index contributed by atoms with van der Waals surface area (Å²) in [6, 6.07) is 7.22. The number of nitrogens with one attached hydrogen (secondary N) is 2. The van der Waals surface area contributed by atoms with E-state index in [2.05, 4.69) is 15.6 Å². The van der Waals surface area contributed by atoms with Crippen molar-refractivity contribution in [2.24, 2.45) is 0 Å². The molecule has 0 unspecified atom stereocenters. The number of thiazole rings is 1. The van der Waals surface area contributed by atoms with E-state index in [1.54, 1.807) is 20.2 Å². The van der Waals surface area contributed by atoms with Gasteiger partial charge in [0.1, 0.15) is 11.8 Å². The van der Waals surface area contributed by atoms with E-state index < -0.39 is 6.04 Å². The molecule has 1 aromatic carbocycles. The number of hydrogen-bond acceptors (Lipinski definition) is 5. The highest BCUT2D eigenvalue weighted by molar-refractivity contribution is 7.15. The summed E-state index contributed by atoms with van der Waals surface area (Å²) >= 11 is 1.42. The summed E-state index contributed by atoms with van der Waals surface area (Å²) in [6.45, 7) is 3.00. The standard InChI is InChI=1S/C16H19N3O3S/c1-10(18-11(2)20)15(21)19-16-17-9-14(23-16)8-12-4-6-13(22-3)7-5-12/h4-7,9-10H,8H2,1-3H3,(H,18,20)(H,17,19,21)/t10-/m0/s1. The van der Waals surface area contributed by atoms with Crippen LogP contribution in [0.5, 0.6) is 5.75 Å². The Kier molecular flexibility index (Phi) is 5.70. The average Bonchev–Trinajstić information content (AvgIpc) is 2.94. The molecule has 1 heterocycles. The lowest BCUT2D eigenvalue weighted by Crippen LogP contribution is -2.40. The molecule has 6 nitrogen and oxygen atoms in total. The first-order valence-electron chi connectivity index (χ1n) is 7.13. The van der Waals surface area contributed by atoms with Crippen LogP contribution < -0.4 is 15.4 Å². The number of carbonyl (C=O) groups is 2. The molecule has 2 rings (SSSR count). The summed E-state index contributed by atoms with van der Waals surface area (Å²) < 4.78 is 5.13. The first kappa shape index (κ1) is 17.0. The third-order valence-corrected chi connectivity index (χ3v) is 4.05. The Hall–Kier alpha value is -2.41. The zero-order valence-corrected chi connectivity index (χ0v) is 14.1. The predicted molar refractivity (Wildman–Crippen MR) is 89.8 cm³/mol. The Morgan fingerprint density at radius 3 is 2.61 bits per heavy atom. The van der Waals surface area contributed by atoms with Gasteiger partial charge in [-0.15, -0.1) is 11.3 Å². The van der Waals surface area contributed by atoms with Crippen LogP contribution >= 0.6 is 11.3 Å². The number of carbonyl (C=O) groups excluding carboxylic acids is 2. The zero-order valence-electron chi connectivity index (χ0n) is 13.3. The van der Waals surface area contributed by atoms with E-state index in [1.165, 1.54) is 18.3 Å². The van der Waals surface area contributed by atoms with Gasteiger partial charge < -0.3 is 15.4 Å². The summed E-state index contributed by atoms with van der Waals surface area (Å²) in [5.74, 6) is 0.287. The fraction of sp³-hybridized carbons (Fsp3) is 0.312. The number of nitrogens with zero attached hydrogens (tertiary/aromatic N) is 1. The van der Waals surface area contributed by atoms with Crippen molar-refractivity contribution < 1.29 is 14.3 Å². The third kappa shape index (κ3) is 5.07. The maximum Gasteiger partial charge on any atom is 0.248 e. The average molecular weight is 333 g/mol. The minimum absolute atomic E-state index is 0.244. The molecule has 23 heavy (non-hydrogen) atoms. The molecule has 0 bridgehead atoms. The lowest BCUT2D eigenvalue weighted by Gasteiger charge is -2.10. The van der Waals surface area contributed by atoms with Gasteiger partial charge in [0.25, 0.3) is 0 Å². The van der Waals surface area contributed by atoms with Crippen LogP contribution in [-0.4, -0.2) is 29.9 Å². The minimum atomic E-state index is -0.596. The van der Waals surface area contributed by atoms with Gasteiger partial charge in [-0.2, -0.15) is 0 Å². The van der Waals surface area contributed by atoms with Crippen LogP contribution in [0.25, 0.3) is 0 Å². The van der Waals surface area contributed by atoms with Gasteiger partial charge in [-0.05, 0) is 24.6 Å². The molecule has 0 radical (unpaired) electrons. The van der Waals surface area contributed by atoms with Crippen molar-refractivity contribution in [1.82, 2.24) is 10.3 Å². The lowest BCUT2D eigenvalue weighted by molar-refractivity contribution is -0.124. The van der Waals surface area contributed by atoms with E-state index in [9.17, 15) is 9.59 Å². The number of anilines is 1.